The second-order valence-electron chi connectivity index (χ2n) is 15.6. The molecule has 0 radical (unpaired) electrons. The molecule has 0 saturated heterocycles. The topological polar surface area (TPSA) is 140 Å². The van der Waals surface area contributed by atoms with Crippen molar-refractivity contribution in [3.05, 3.63) is 72.9 Å². The first-order chi connectivity index (χ1) is 28.7. The molecule has 0 spiro atoms. The summed E-state index contributed by atoms with van der Waals surface area (Å²) in [4.78, 5) is 42.9. The van der Waals surface area contributed by atoms with E-state index in [0.29, 0.717) is 25.7 Å². The Bertz CT molecular complexity index is 1200. The van der Waals surface area contributed by atoms with Crippen molar-refractivity contribution < 1.29 is 43.0 Å². The van der Waals surface area contributed by atoms with Crippen LogP contribution in [-0.4, -0.2) is 52.3 Å². The lowest BCUT2D eigenvalue weighted by atomic mass is 10.0. The monoisotopic (exact) mass is 849 g/mol. The van der Waals surface area contributed by atoms with E-state index in [4.69, 9.17) is 19.3 Å². The number of phosphoric acid groups is 1. The van der Waals surface area contributed by atoms with E-state index in [1.165, 1.54) is 109 Å². The van der Waals surface area contributed by atoms with Crippen LogP contribution in [0, 0.1) is 0 Å². The van der Waals surface area contributed by atoms with Crippen LogP contribution in [-0.2, 0) is 28.2 Å². The van der Waals surface area contributed by atoms with E-state index >= 15 is 0 Å². The van der Waals surface area contributed by atoms with Gasteiger partial charge in [0.05, 0.1) is 12.7 Å². The maximum absolute atomic E-state index is 12.4. The van der Waals surface area contributed by atoms with Gasteiger partial charge in [-0.2, -0.15) is 0 Å². The highest BCUT2D eigenvalue weighted by molar-refractivity contribution is 7.46. The predicted molar refractivity (Wildman–Crippen MR) is 245 cm³/mol. The zero-order chi connectivity index (χ0) is 43.3. The smallest absolute Gasteiger partial charge is 0.462 e. The highest BCUT2D eigenvalue weighted by atomic mass is 31.2. The summed E-state index contributed by atoms with van der Waals surface area (Å²) < 4.78 is 26.4. The number of hydrogen-bond acceptors (Lipinski definition) is 7. The van der Waals surface area contributed by atoms with Gasteiger partial charge in [0.2, 0.25) is 0 Å². The Labute approximate surface area is 360 Å². The first-order valence-corrected chi connectivity index (χ1v) is 24.9. The summed E-state index contributed by atoms with van der Waals surface area (Å²) in [7, 11) is -4.79. The van der Waals surface area contributed by atoms with Gasteiger partial charge in [-0.05, 0) is 44.9 Å². The zero-order valence-corrected chi connectivity index (χ0v) is 38.1. The average Bonchev–Trinajstić information content (AvgIpc) is 3.20. The van der Waals surface area contributed by atoms with Crippen LogP contribution in [0.1, 0.15) is 200 Å². The van der Waals surface area contributed by atoms with E-state index in [9.17, 15) is 19.3 Å². The normalized spacial score (nSPS) is 13.6. The minimum atomic E-state index is -4.79. The van der Waals surface area contributed by atoms with Gasteiger partial charge < -0.3 is 24.4 Å². The van der Waals surface area contributed by atoms with Crippen molar-refractivity contribution in [3.63, 3.8) is 0 Å². The summed E-state index contributed by atoms with van der Waals surface area (Å²) in [6, 6.07) is 0. The number of carbonyl (C=O) groups excluding carboxylic acids is 2. The van der Waals surface area contributed by atoms with Gasteiger partial charge >= 0.3 is 19.8 Å². The fourth-order valence-corrected chi connectivity index (χ4v) is 6.73. The molecule has 0 aliphatic heterocycles. The fraction of sp³-hybridized carbons (Fsp3) is 0.714. The molecular weight excluding hydrogens is 764 g/mol. The number of rotatable bonds is 42. The summed E-state index contributed by atoms with van der Waals surface area (Å²) in [5, 5.41) is 9.98. The van der Waals surface area contributed by atoms with Crippen LogP contribution in [0.5, 0.6) is 0 Å². The largest absolute Gasteiger partial charge is 0.469 e. The Kier molecular flexibility index (Phi) is 41.7. The third-order valence-electron chi connectivity index (χ3n) is 9.83. The molecule has 2 atom stereocenters. The van der Waals surface area contributed by atoms with Crippen molar-refractivity contribution in [2.24, 2.45) is 0 Å². The molecule has 1 unspecified atom stereocenters. The van der Waals surface area contributed by atoms with Crippen molar-refractivity contribution in [1.82, 2.24) is 0 Å². The lowest BCUT2D eigenvalue weighted by Crippen LogP contribution is -2.29. The number of allylic oxidation sites excluding steroid dienone is 10. The van der Waals surface area contributed by atoms with Crippen LogP contribution in [0.25, 0.3) is 0 Å². The fourth-order valence-electron chi connectivity index (χ4n) is 6.37. The maximum atomic E-state index is 12.4. The molecule has 0 amide bonds. The van der Waals surface area contributed by atoms with E-state index in [0.717, 1.165) is 38.5 Å². The van der Waals surface area contributed by atoms with Crippen LogP contribution >= 0.6 is 7.82 Å². The minimum Gasteiger partial charge on any atom is -0.462 e. The molecule has 0 aromatic heterocycles. The molecular formula is C49H85O9P. The van der Waals surface area contributed by atoms with Crippen molar-refractivity contribution >= 4 is 19.8 Å². The van der Waals surface area contributed by atoms with Crippen LogP contribution in [0.3, 0.4) is 0 Å². The van der Waals surface area contributed by atoms with Gasteiger partial charge in [0.15, 0.2) is 6.10 Å². The molecule has 0 aromatic carbocycles. The molecule has 0 saturated carbocycles. The number of esters is 2. The number of hydrogen-bond donors (Lipinski definition) is 3. The Balaban J connectivity index is 4.01. The third-order valence-corrected chi connectivity index (χ3v) is 10.3. The molecule has 0 bridgehead atoms. The molecule has 0 fully saturated rings. The quantitative estimate of drug-likeness (QED) is 0.0180. The molecule has 340 valence electrons. The number of carbonyl (C=O) groups is 2. The van der Waals surface area contributed by atoms with Gasteiger partial charge in [0.1, 0.15) is 6.61 Å². The average molecular weight is 849 g/mol. The van der Waals surface area contributed by atoms with Crippen molar-refractivity contribution in [2.45, 2.75) is 212 Å². The second kappa shape index (κ2) is 43.5. The van der Waals surface area contributed by atoms with Gasteiger partial charge in [-0.15, -0.1) is 0 Å². The number of unbranched alkanes of at least 4 members (excludes halogenated alkanes) is 20. The van der Waals surface area contributed by atoms with Crippen LogP contribution < -0.4 is 0 Å². The molecule has 10 heteroatoms. The molecule has 0 aliphatic rings. The number of aliphatic hydroxyl groups excluding tert-OH is 1. The Morgan fingerprint density at radius 3 is 1.54 bits per heavy atom. The first kappa shape index (κ1) is 56.5. The summed E-state index contributed by atoms with van der Waals surface area (Å²) in [6.45, 7) is 3.46. The Hall–Kier alpha value is -2.55. The number of ether oxygens (including phenoxy) is 2. The molecule has 0 rings (SSSR count). The van der Waals surface area contributed by atoms with Gasteiger partial charge in [0, 0.05) is 12.8 Å². The van der Waals surface area contributed by atoms with E-state index < -0.39 is 38.6 Å². The minimum absolute atomic E-state index is 0.117. The van der Waals surface area contributed by atoms with E-state index in [2.05, 4.69) is 36.6 Å². The van der Waals surface area contributed by atoms with Gasteiger partial charge in [-0.25, -0.2) is 4.57 Å². The summed E-state index contributed by atoms with van der Waals surface area (Å²) >= 11 is 0. The zero-order valence-electron chi connectivity index (χ0n) is 37.2. The van der Waals surface area contributed by atoms with E-state index in [-0.39, 0.29) is 19.4 Å². The summed E-state index contributed by atoms with van der Waals surface area (Å²) in [5.41, 5.74) is 0. The molecule has 59 heavy (non-hydrogen) atoms. The molecule has 3 N–H and O–H groups in total. The molecule has 9 nitrogen and oxygen atoms in total. The van der Waals surface area contributed by atoms with Gasteiger partial charge in [-0.3, -0.25) is 14.1 Å². The molecule has 0 aromatic rings. The maximum Gasteiger partial charge on any atom is 0.469 e. The van der Waals surface area contributed by atoms with E-state index in [1.54, 1.807) is 6.08 Å². The first-order valence-electron chi connectivity index (χ1n) is 23.3. The van der Waals surface area contributed by atoms with Crippen LogP contribution in [0.4, 0.5) is 0 Å². The van der Waals surface area contributed by atoms with Crippen molar-refractivity contribution in [3.8, 4) is 0 Å². The molecule has 0 aliphatic carbocycles. The highest BCUT2D eigenvalue weighted by Crippen LogP contribution is 2.36. The van der Waals surface area contributed by atoms with Gasteiger partial charge in [0.25, 0.3) is 0 Å². The van der Waals surface area contributed by atoms with Crippen LogP contribution in [0.15, 0.2) is 72.9 Å². The third kappa shape index (κ3) is 46.4. The van der Waals surface area contributed by atoms with E-state index in [1.807, 2.05) is 48.6 Å². The number of aliphatic hydroxyl groups is 1. The lowest BCUT2D eigenvalue weighted by Gasteiger charge is -2.18. The standard InChI is InChI=1S/C49H85O9P/c1-3-5-7-9-11-12-13-14-15-16-17-18-19-20-21-22-23-28-31-35-39-43-49(52)58-47(45-57-59(53,54)55)44-56-48(51)42-38-34-30-27-25-24-26-29-33-37-41-46(50)40-36-32-10-8-6-4-2/h6,8,24-25,29-30,32-34,36-37,41,46-47,50H,3-5,7,9-23,26-28,31,35,38-40,42-45H2,1-2H3,(H2,53,54,55)/b8-6-,25-24-,33-29-,34-30-,36-32-,41-37+/t46?,47-/m1/s1. The highest BCUT2D eigenvalue weighted by Gasteiger charge is 2.22. The molecule has 0 heterocycles. The summed E-state index contributed by atoms with van der Waals surface area (Å²) in [5.74, 6) is -1.01. The second-order valence-corrected chi connectivity index (χ2v) is 16.8. The summed E-state index contributed by atoms with van der Waals surface area (Å²) in [6.07, 6.45) is 53.8. The van der Waals surface area contributed by atoms with Crippen LogP contribution in [0.2, 0.25) is 0 Å². The Morgan fingerprint density at radius 2 is 1.02 bits per heavy atom. The SMILES string of the molecule is CC/C=C\C/C=C\CC(O)/C=C/C=C\C/C=C\C/C=C\CCC(=O)OC[C@H](COP(=O)(O)O)OC(=O)CCCCCCCCCCCCCCCCCCCCCCC. The number of phosphoric ester groups is 1. The Morgan fingerprint density at radius 1 is 0.542 bits per heavy atom. The van der Waals surface area contributed by atoms with Crippen molar-refractivity contribution in [2.75, 3.05) is 13.2 Å². The predicted octanol–water partition coefficient (Wildman–Crippen LogP) is 13.6. The van der Waals surface area contributed by atoms with Gasteiger partial charge in [-0.1, -0.05) is 215 Å². The lowest BCUT2D eigenvalue weighted by molar-refractivity contribution is -0.161. The van der Waals surface area contributed by atoms with Crippen molar-refractivity contribution in [1.29, 1.82) is 0 Å².